The van der Waals surface area contributed by atoms with E-state index in [1.165, 1.54) is 5.56 Å². The van der Waals surface area contributed by atoms with E-state index in [4.69, 9.17) is 15.2 Å². The molecule has 0 saturated carbocycles. The predicted octanol–water partition coefficient (Wildman–Crippen LogP) is 3.21. The summed E-state index contributed by atoms with van der Waals surface area (Å²) in [6, 6.07) is 15.9. The molecule has 0 aliphatic rings. The molecule has 0 aliphatic carbocycles. The Morgan fingerprint density at radius 1 is 0.955 bits per heavy atom. The van der Waals surface area contributed by atoms with Gasteiger partial charge in [-0.2, -0.15) is 0 Å². The first kappa shape index (κ1) is 16.2. The number of rotatable bonds is 9. The highest BCUT2D eigenvalue weighted by Crippen LogP contribution is 2.16. The first-order valence-electron chi connectivity index (χ1n) is 7.64. The number of benzene rings is 2. The summed E-state index contributed by atoms with van der Waals surface area (Å²) < 4.78 is 11.3. The van der Waals surface area contributed by atoms with Crippen molar-refractivity contribution in [3.05, 3.63) is 54.1 Å². The summed E-state index contributed by atoms with van der Waals surface area (Å²) in [5.74, 6) is 1.72. The third-order valence-electron chi connectivity index (χ3n) is 3.17. The van der Waals surface area contributed by atoms with Crippen LogP contribution in [-0.4, -0.2) is 26.3 Å². The second kappa shape index (κ2) is 8.95. The fourth-order valence-corrected chi connectivity index (χ4v) is 2.03. The lowest BCUT2D eigenvalue weighted by Crippen LogP contribution is -2.09. The minimum absolute atomic E-state index is 0.522. The summed E-state index contributed by atoms with van der Waals surface area (Å²) in [6.07, 6.45) is 0.967. The van der Waals surface area contributed by atoms with E-state index in [9.17, 15) is 0 Å². The van der Waals surface area contributed by atoms with Crippen molar-refractivity contribution in [2.75, 3.05) is 31.6 Å². The van der Waals surface area contributed by atoms with Crippen molar-refractivity contribution in [2.45, 2.75) is 13.3 Å². The van der Waals surface area contributed by atoms with Gasteiger partial charge in [0.25, 0.3) is 0 Å². The Hall–Kier alpha value is -2.20. The van der Waals surface area contributed by atoms with E-state index >= 15 is 0 Å². The summed E-state index contributed by atoms with van der Waals surface area (Å²) in [5, 5.41) is 3.31. The summed E-state index contributed by atoms with van der Waals surface area (Å²) in [5.41, 5.74) is 7.73. The van der Waals surface area contributed by atoms with Gasteiger partial charge in [0.1, 0.15) is 24.7 Å². The van der Waals surface area contributed by atoms with Crippen molar-refractivity contribution in [1.82, 2.24) is 0 Å². The summed E-state index contributed by atoms with van der Waals surface area (Å²) in [4.78, 5) is 0. The Labute approximate surface area is 132 Å². The average molecular weight is 300 g/mol. The van der Waals surface area contributed by atoms with Gasteiger partial charge < -0.3 is 20.5 Å². The van der Waals surface area contributed by atoms with E-state index in [-0.39, 0.29) is 0 Å². The number of nitrogens with two attached hydrogens (primary N) is 1. The number of hydrogen-bond acceptors (Lipinski definition) is 4. The highest BCUT2D eigenvalue weighted by atomic mass is 16.5. The maximum absolute atomic E-state index is 5.67. The van der Waals surface area contributed by atoms with Crippen molar-refractivity contribution in [3.63, 3.8) is 0 Å². The number of ether oxygens (including phenoxy) is 2. The van der Waals surface area contributed by atoms with Crippen LogP contribution >= 0.6 is 0 Å². The molecule has 0 saturated heterocycles. The fourth-order valence-electron chi connectivity index (χ4n) is 2.03. The SMILES string of the molecule is Cc1cccc(OCCOc2ccc(NCCCN)cc2)c1. The monoisotopic (exact) mass is 300 g/mol. The molecule has 0 atom stereocenters. The number of anilines is 1. The molecule has 22 heavy (non-hydrogen) atoms. The van der Waals surface area contributed by atoms with Gasteiger partial charge in [0.05, 0.1) is 0 Å². The predicted molar refractivity (Wildman–Crippen MR) is 90.8 cm³/mol. The highest BCUT2D eigenvalue weighted by molar-refractivity contribution is 5.46. The molecule has 4 heteroatoms. The van der Waals surface area contributed by atoms with Crippen molar-refractivity contribution in [1.29, 1.82) is 0 Å². The summed E-state index contributed by atoms with van der Waals surface area (Å²) in [6.45, 7) is 4.69. The lowest BCUT2D eigenvalue weighted by atomic mass is 10.2. The van der Waals surface area contributed by atoms with Crippen LogP contribution in [-0.2, 0) is 0 Å². The van der Waals surface area contributed by atoms with Crippen LogP contribution in [0.15, 0.2) is 48.5 Å². The fraction of sp³-hybridized carbons (Fsp3) is 0.333. The normalized spacial score (nSPS) is 10.3. The van der Waals surface area contributed by atoms with Crippen molar-refractivity contribution in [3.8, 4) is 11.5 Å². The van der Waals surface area contributed by atoms with E-state index in [0.29, 0.717) is 19.8 Å². The Morgan fingerprint density at radius 3 is 2.36 bits per heavy atom. The molecule has 0 aliphatic heterocycles. The van der Waals surface area contributed by atoms with E-state index in [2.05, 4.69) is 5.32 Å². The van der Waals surface area contributed by atoms with Gasteiger partial charge in [-0.25, -0.2) is 0 Å². The molecule has 0 amide bonds. The molecule has 0 radical (unpaired) electrons. The van der Waals surface area contributed by atoms with Crippen LogP contribution in [0.25, 0.3) is 0 Å². The van der Waals surface area contributed by atoms with Crippen LogP contribution in [0.2, 0.25) is 0 Å². The van der Waals surface area contributed by atoms with Crippen LogP contribution in [0.3, 0.4) is 0 Å². The Morgan fingerprint density at radius 2 is 1.68 bits per heavy atom. The van der Waals surface area contributed by atoms with Gasteiger partial charge in [0.2, 0.25) is 0 Å². The highest BCUT2D eigenvalue weighted by Gasteiger charge is 1.97. The molecule has 0 fully saturated rings. The first-order valence-corrected chi connectivity index (χ1v) is 7.64. The van der Waals surface area contributed by atoms with Crippen LogP contribution in [0.1, 0.15) is 12.0 Å². The van der Waals surface area contributed by atoms with Gasteiger partial charge in [0, 0.05) is 12.2 Å². The van der Waals surface area contributed by atoms with E-state index in [1.54, 1.807) is 0 Å². The van der Waals surface area contributed by atoms with Crippen LogP contribution in [0, 0.1) is 6.92 Å². The van der Waals surface area contributed by atoms with E-state index < -0.39 is 0 Å². The molecular weight excluding hydrogens is 276 g/mol. The summed E-state index contributed by atoms with van der Waals surface area (Å²) in [7, 11) is 0. The molecular formula is C18H24N2O2. The molecule has 3 N–H and O–H groups in total. The third kappa shape index (κ3) is 5.66. The van der Waals surface area contributed by atoms with Crippen LogP contribution < -0.4 is 20.5 Å². The zero-order valence-corrected chi connectivity index (χ0v) is 13.0. The molecule has 0 unspecified atom stereocenters. The zero-order valence-electron chi connectivity index (χ0n) is 13.0. The number of aryl methyl sites for hydroxylation is 1. The van der Waals surface area contributed by atoms with Gasteiger partial charge in [-0.15, -0.1) is 0 Å². The third-order valence-corrected chi connectivity index (χ3v) is 3.17. The Balaban J connectivity index is 1.68. The van der Waals surface area contributed by atoms with Gasteiger partial charge in [0.15, 0.2) is 0 Å². The largest absolute Gasteiger partial charge is 0.490 e. The van der Waals surface area contributed by atoms with E-state index in [1.807, 2.05) is 55.5 Å². The minimum Gasteiger partial charge on any atom is -0.490 e. The molecule has 2 aromatic rings. The second-order valence-electron chi connectivity index (χ2n) is 5.11. The minimum atomic E-state index is 0.522. The second-order valence-corrected chi connectivity index (χ2v) is 5.11. The van der Waals surface area contributed by atoms with Gasteiger partial charge in [-0.05, 0) is 61.9 Å². The molecule has 2 rings (SSSR count). The van der Waals surface area contributed by atoms with Crippen LogP contribution in [0.4, 0.5) is 5.69 Å². The number of nitrogens with one attached hydrogen (secondary N) is 1. The smallest absolute Gasteiger partial charge is 0.122 e. The van der Waals surface area contributed by atoms with Crippen molar-refractivity contribution >= 4 is 5.69 Å². The molecule has 4 nitrogen and oxygen atoms in total. The molecule has 118 valence electrons. The molecule has 0 spiro atoms. The zero-order chi connectivity index (χ0) is 15.6. The molecule has 0 bridgehead atoms. The van der Waals surface area contributed by atoms with Crippen molar-refractivity contribution in [2.24, 2.45) is 5.73 Å². The molecule has 2 aromatic carbocycles. The molecule has 0 heterocycles. The topological polar surface area (TPSA) is 56.5 Å². The standard InChI is InChI=1S/C18H24N2O2/c1-15-4-2-5-18(14-15)22-13-12-21-17-8-6-16(7-9-17)20-11-3-10-19/h2,4-9,14,20H,3,10-13,19H2,1H3. The maximum atomic E-state index is 5.67. The quantitative estimate of drug-likeness (QED) is 0.698. The average Bonchev–Trinajstić information content (AvgIpc) is 2.53. The lowest BCUT2D eigenvalue weighted by molar-refractivity contribution is 0.217. The van der Waals surface area contributed by atoms with Gasteiger partial charge >= 0.3 is 0 Å². The maximum Gasteiger partial charge on any atom is 0.122 e. The first-order chi connectivity index (χ1) is 10.8. The molecule has 0 aromatic heterocycles. The summed E-state index contributed by atoms with van der Waals surface area (Å²) >= 11 is 0. The number of hydrogen-bond donors (Lipinski definition) is 2. The van der Waals surface area contributed by atoms with Crippen molar-refractivity contribution < 1.29 is 9.47 Å². The van der Waals surface area contributed by atoms with Gasteiger partial charge in [-0.3, -0.25) is 0 Å². The van der Waals surface area contributed by atoms with Gasteiger partial charge in [-0.1, -0.05) is 12.1 Å². The van der Waals surface area contributed by atoms with Crippen LogP contribution in [0.5, 0.6) is 11.5 Å². The Kier molecular flexibility index (Phi) is 6.58. The Bertz CT molecular complexity index is 555. The lowest BCUT2D eigenvalue weighted by Gasteiger charge is -2.10. The van der Waals surface area contributed by atoms with E-state index in [0.717, 1.165) is 30.2 Å².